The van der Waals surface area contributed by atoms with Gasteiger partial charge in [-0.25, -0.2) is 4.39 Å². The minimum Gasteiger partial charge on any atom is -0.380 e. The molecule has 6 nitrogen and oxygen atoms in total. The molecule has 1 aromatic carbocycles. The number of carbonyl (C=O) groups excluding carboxylic acids is 1. The standard InChI is InChI=1S/C22H31FO6S/c1-12-17(25-4)16(11-24)13(2)28-22(12)29-18-14(3)27-21(23)20(19(18)26-5)30-15-9-7-6-8-10-15/h6-14,16-22H,1-5H3. The van der Waals surface area contributed by atoms with Crippen molar-refractivity contribution in [3.05, 3.63) is 30.3 Å². The predicted octanol–water partition coefficient (Wildman–Crippen LogP) is 3.47. The Balaban J connectivity index is 1.78. The number of rotatable bonds is 7. The molecule has 2 fully saturated rings. The fourth-order valence-electron chi connectivity index (χ4n) is 4.27. The molecule has 0 N–H and O–H groups in total. The normalized spacial score (nSPS) is 42.1. The van der Waals surface area contributed by atoms with E-state index in [4.69, 9.17) is 23.7 Å². The molecule has 10 unspecified atom stereocenters. The van der Waals surface area contributed by atoms with E-state index < -0.39 is 36.2 Å². The fraction of sp³-hybridized carbons (Fsp3) is 0.682. The molecule has 0 aromatic heterocycles. The molecule has 168 valence electrons. The summed E-state index contributed by atoms with van der Waals surface area (Å²) in [7, 11) is 3.13. The monoisotopic (exact) mass is 442 g/mol. The number of hydrogen-bond donors (Lipinski definition) is 0. The van der Waals surface area contributed by atoms with Crippen molar-refractivity contribution in [3.63, 3.8) is 0 Å². The van der Waals surface area contributed by atoms with Crippen LogP contribution < -0.4 is 0 Å². The molecule has 2 saturated heterocycles. The summed E-state index contributed by atoms with van der Waals surface area (Å²) in [6, 6.07) is 9.58. The fourth-order valence-corrected chi connectivity index (χ4v) is 5.47. The minimum atomic E-state index is -1.50. The van der Waals surface area contributed by atoms with Crippen LogP contribution >= 0.6 is 11.8 Å². The second-order valence-corrected chi connectivity index (χ2v) is 9.12. The maximum Gasteiger partial charge on any atom is 0.214 e. The lowest BCUT2D eigenvalue weighted by molar-refractivity contribution is -0.310. The second-order valence-electron chi connectivity index (χ2n) is 7.87. The Labute approximate surface area is 181 Å². The third-order valence-corrected chi connectivity index (χ3v) is 7.24. The number of thioether (sulfide) groups is 1. The van der Waals surface area contributed by atoms with Gasteiger partial charge in [-0.2, -0.15) is 0 Å². The van der Waals surface area contributed by atoms with Gasteiger partial charge in [-0.3, -0.25) is 0 Å². The molecule has 2 aliphatic heterocycles. The van der Waals surface area contributed by atoms with Gasteiger partial charge in [-0.1, -0.05) is 25.1 Å². The third kappa shape index (κ3) is 4.89. The maximum absolute atomic E-state index is 14.9. The van der Waals surface area contributed by atoms with Crippen molar-refractivity contribution in [1.82, 2.24) is 0 Å². The first kappa shape index (κ1) is 23.6. The highest BCUT2D eigenvalue weighted by Gasteiger charge is 2.50. The Morgan fingerprint density at radius 3 is 2.23 bits per heavy atom. The summed E-state index contributed by atoms with van der Waals surface area (Å²) in [5.74, 6) is -0.575. The van der Waals surface area contributed by atoms with Crippen molar-refractivity contribution in [2.45, 2.75) is 74.1 Å². The van der Waals surface area contributed by atoms with E-state index in [2.05, 4.69) is 0 Å². The Bertz CT molecular complexity index is 679. The zero-order valence-corrected chi connectivity index (χ0v) is 18.8. The molecule has 1 aromatic rings. The first-order valence-corrected chi connectivity index (χ1v) is 11.1. The Morgan fingerprint density at radius 1 is 0.967 bits per heavy atom. The van der Waals surface area contributed by atoms with Gasteiger partial charge < -0.3 is 28.5 Å². The van der Waals surface area contributed by atoms with Gasteiger partial charge in [-0.05, 0) is 26.0 Å². The molecule has 0 saturated carbocycles. The van der Waals surface area contributed by atoms with Crippen LogP contribution in [-0.4, -0.2) is 68.9 Å². The molecular formula is C22H31FO6S. The lowest BCUT2D eigenvalue weighted by atomic mass is 9.85. The summed E-state index contributed by atoms with van der Waals surface area (Å²) in [5, 5.41) is -0.601. The van der Waals surface area contributed by atoms with Gasteiger partial charge in [0.25, 0.3) is 0 Å². The average Bonchev–Trinajstić information content (AvgIpc) is 2.74. The molecule has 10 atom stereocenters. The van der Waals surface area contributed by atoms with Gasteiger partial charge in [0.15, 0.2) is 6.29 Å². The summed E-state index contributed by atoms with van der Waals surface area (Å²) in [6.07, 6.45) is -3.58. The van der Waals surface area contributed by atoms with Crippen molar-refractivity contribution in [2.75, 3.05) is 14.2 Å². The zero-order valence-electron chi connectivity index (χ0n) is 18.0. The van der Waals surface area contributed by atoms with E-state index >= 15 is 0 Å². The number of hydrogen-bond acceptors (Lipinski definition) is 7. The van der Waals surface area contributed by atoms with Gasteiger partial charge in [0, 0.05) is 25.0 Å². The van der Waals surface area contributed by atoms with Crippen molar-refractivity contribution in [2.24, 2.45) is 11.8 Å². The summed E-state index contributed by atoms with van der Waals surface area (Å²) in [5.41, 5.74) is 0. The zero-order chi connectivity index (χ0) is 21.8. The molecule has 2 heterocycles. The van der Waals surface area contributed by atoms with E-state index in [1.807, 2.05) is 44.2 Å². The third-order valence-electron chi connectivity index (χ3n) is 5.94. The number of ether oxygens (including phenoxy) is 5. The molecule has 0 aliphatic carbocycles. The second kappa shape index (κ2) is 10.5. The number of alkyl halides is 1. The predicted molar refractivity (Wildman–Crippen MR) is 111 cm³/mol. The minimum absolute atomic E-state index is 0.200. The molecule has 0 bridgehead atoms. The number of methoxy groups -OCH3 is 2. The van der Waals surface area contributed by atoms with E-state index in [-0.39, 0.29) is 24.0 Å². The highest BCUT2D eigenvalue weighted by Crippen LogP contribution is 2.40. The smallest absolute Gasteiger partial charge is 0.214 e. The Kier molecular flexibility index (Phi) is 8.29. The Hall–Kier alpha value is -1.03. The summed E-state index contributed by atoms with van der Waals surface area (Å²) >= 11 is 1.37. The van der Waals surface area contributed by atoms with Crippen LogP contribution in [0.1, 0.15) is 20.8 Å². The number of aldehydes is 1. The van der Waals surface area contributed by atoms with E-state index in [1.54, 1.807) is 21.1 Å². The van der Waals surface area contributed by atoms with Gasteiger partial charge >= 0.3 is 0 Å². The van der Waals surface area contributed by atoms with Crippen LogP contribution in [0.25, 0.3) is 0 Å². The maximum atomic E-state index is 14.9. The van der Waals surface area contributed by atoms with Crippen molar-refractivity contribution in [1.29, 1.82) is 0 Å². The summed E-state index contributed by atoms with van der Waals surface area (Å²) in [4.78, 5) is 12.4. The van der Waals surface area contributed by atoms with E-state index in [1.165, 1.54) is 11.8 Å². The highest BCUT2D eigenvalue weighted by molar-refractivity contribution is 8.00. The Morgan fingerprint density at radius 2 is 1.63 bits per heavy atom. The highest BCUT2D eigenvalue weighted by atomic mass is 32.2. The van der Waals surface area contributed by atoms with Crippen LogP contribution in [0.4, 0.5) is 4.39 Å². The molecule has 0 spiro atoms. The lowest BCUT2D eigenvalue weighted by Crippen LogP contribution is -2.59. The summed E-state index contributed by atoms with van der Waals surface area (Å²) < 4.78 is 44.1. The van der Waals surface area contributed by atoms with E-state index in [0.717, 1.165) is 11.2 Å². The molecule has 2 aliphatic rings. The van der Waals surface area contributed by atoms with Crippen molar-refractivity contribution < 1.29 is 32.9 Å². The van der Waals surface area contributed by atoms with Gasteiger partial charge in [0.05, 0.1) is 29.5 Å². The average molecular weight is 443 g/mol. The number of benzene rings is 1. The molecule has 3 rings (SSSR count). The first-order valence-electron chi connectivity index (χ1n) is 10.2. The van der Waals surface area contributed by atoms with Crippen LogP contribution in [-0.2, 0) is 28.5 Å². The molecular weight excluding hydrogens is 411 g/mol. The van der Waals surface area contributed by atoms with Crippen LogP contribution in [0.3, 0.4) is 0 Å². The first-order chi connectivity index (χ1) is 14.4. The SMILES string of the molecule is COC1C(C)C(OC2C(C)OC(F)C(Sc3ccccc3)C2OC)OC(C)C1C=O. The van der Waals surface area contributed by atoms with Crippen LogP contribution in [0, 0.1) is 11.8 Å². The van der Waals surface area contributed by atoms with E-state index in [0.29, 0.717) is 0 Å². The van der Waals surface area contributed by atoms with Crippen molar-refractivity contribution >= 4 is 18.0 Å². The van der Waals surface area contributed by atoms with Crippen LogP contribution in [0.2, 0.25) is 0 Å². The molecule has 30 heavy (non-hydrogen) atoms. The molecule has 0 amide bonds. The quantitative estimate of drug-likeness (QED) is 0.599. The van der Waals surface area contributed by atoms with E-state index in [9.17, 15) is 9.18 Å². The van der Waals surface area contributed by atoms with Gasteiger partial charge in [0.2, 0.25) is 6.36 Å². The topological polar surface area (TPSA) is 63.2 Å². The van der Waals surface area contributed by atoms with Crippen molar-refractivity contribution in [3.8, 4) is 0 Å². The van der Waals surface area contributed by atoms with Gasteiger partial charge in [0.1, 0.15) is 18.5 Å². The number of halogens is 1. The summed E-state index contributed by atoms with van der Waals surface area (Å²) in [6.45, 7) is 5.52. The van der Waals surface area contributed by atoms with Gasteiger partial charge in [-0.15, -0.1) is 11.8 Å². The largest absolute Gasteiger partial charge is 0.380 e. The lowest BCUT2D eigenvalue weighted by Gasteiger charge is -2.47. The molecule has 8 heteroatoms. The van der Waals surface area contributed by atoms with Crippen LogP contribution in [0.5, 0.6) is 0 Å². The molecule has 0 radical (unpaired) electrons. The van der Waals surface area contributed by atoms with Crippen LogP contribution in [0.15, 0.2) is 35.2 Å². The number of carbonyl (C=O) groups is 1.